The van der Waals surface area contributed by atoms with E-state index in [0.29, 0.717) is 12.1 Å². The van der Waals surface area contributed by atoms with Gasteiger partial charge in [0.05, 0.1) is 0 Å². The first-order valence-corrected chi connectivity index (χ1v) is 5.86. The van der Waals surface area contributed by atoms with Gasteiger partial charge in [0.2, 0.25) is 0 Å². The molecular formula is C15H16FN. The second-order valence-corrected chi connectivity index (χ2v) is 4.00. The van der Waals surface area contributed by atoms with Crippen molar-refractivity contribution in [1.82, 2.24) is 0 Å². The standard InChI is InChI=1S/C15H16FN/c1-2-12-6-5-8-14(10-12)17-11-13-7-3-4-9-15(13)16/h3-10,17H,2,11H2,1H3. The number of anilines is 1. The maximum atomic E-state index is 13.4. The zero-order valence-electron chi connectivity index (χ0n) is 9.91. The molecule has 0 fully saturated rings. The monoisotopic (exact) mass is 229 g/mol. The molecule has 1 nitrogen and oxygen atoms in total. The van der Waals surface area contributed by atoms with Crippen LogP contribution in [-0.2, 0) is 13.0 Å². The fourth-order valence-corrected chi connectivity index (χ4v) is 1.74. The molecule has 0 amide bonds. The van der Waals surface area contributed by atoms with Crippen LogP contribution in [0.25, 0.3) is 0 Å². The van der Waals surface area contributed by atoms with Crippen molar-refractivity contribution < 1.29 is 4.39 Å². The highest BCUT2D eigenvalue weighted by Crippen LogP contribution is 2.13. The summed E-state index contributed by atoms with van der Waals surface area (Å²) in [4.78, 5) is 0. The van der Waals surface area contributed by atoms with Gasteiger partial charge in [0, 0.05) is 17.8 Å². The smallest absolute Gasteiger partial charge is 0.128 e. The molecule has 2 heteroatoms. The number of hydrogen-bond donors (Lipinski definition) is 1. The van der Waals surface area contributed by atoms with Gasteiger partial charge in [-0.05, 0) is 30.2 Å². The van der Waals surface area contributed by atoms with E-state index in [-0.39, 0.29) is 5.82 Å². The first-order chi connectivity index (χ1) is 8.29. The van der Waals surface area contributed by atoms with Crippen LogP contribution in [-0.4, -0.2) is 0 Å². The average Bonchev–Trinajstić information content (AvgIpc) is 2.38. The summed E-state index contributed by atoms with van der Waals surface area (Å²) in [6.45, 7) is 2.63. The molecule has 0 saturated heterocycles. The molecule has 0 unspecified atom stereocenters. The van der Waals surface area contributed by atoms with E-state index in [1.54, 1.807) is 12.1 Å². The van der Waals surface area contributed by atoms with Crippen molar-refractivity contribution in [1.29, 1.82) is 0 Å². The predicted molar refractivity (Wildman–Crippen MR) is 69.5 cm³/mol. The summed E-state index contributed by atoms with van der Waals surface area (Å²) in [5, 5.41) is 3.24. The highest BCUT2D eigenvalue weighted by Gasteiger charge is 2.00. The fourth-order valence-electron chi connectivity index (χ4n) is 1.74. The minimum absolute atomic E-state index is 0.161. The molecule has 0 spiro atoms. The Morgan fingerprint density at radius 3 is 2.65 bits per heavy atom. The molecular weight excluding hydrogens is 213 g/mol. The third-order valence-corrected chi connectivity index (χ3v) is 2.78. The van der Waals surface area contributed by atoms with Crippen LogP contribution in [0.5, 0.6) is 0 Å². The van der Waals surface area contributed by atoms with Gasteiger partial charge in [-0.3, -0.25) is 0 Å². The van der Waals surface area contributed by atoms with Crippen LogP contribution >= 0.6 is 0 Å². The SMILES string of the molecule is CCc1cccc(NCc2ccccc2F)c1. The molecule has 2 aromatic rings. The molecule has 0 aliphatic rings. The topological polar surface area (TPSA) is 12.0 Å². The summed E-state index contributed by atoms with van der Waals surface area (Å²) in [6.07, 6.45) is 1.01. The Morgan fingerprint density at radius 2 is 1.88 bits per heavy atom. The number of rotatable bonds is 4. The lowest BCUT2D eigenvalue weighted by Crippen LogP contribution is -2.01. The van der Waals surface area contributed by atoms with Crippen LogP contribution < -0.4 is 5.32 Å². The largest absolute Gasteiger partial charge is 0.381 e. The van der Waals surface area contributed by atoms with Crippen LogP contribution in [0.4, 0.5) is 10.1 Å². The van der Waals surface area contributed by atoms with Crippen LogP contribution in [0, 0.1) is 5.82 Å². The van der Waals surface area contributed by atoms with Crippen LogP contribution in [0.15, 0.2) is 48.5 Å². The van der Waals surface area contributed by atoms with Crippen molar-refractivity contribution in [3.05, 3.63) is 65.5 Å². The first-order valence-electron chi connectivity index (χ1n) is 5.86. The third-order valence-electron chi connectivity index (χ3n) is 2.78. The molecule has 0 aliphatic carbocycles. The van der Waals surface area contributed by atoms with Crippen molar-refractivity contribution in [2.24, 2.45) is 0 Å². The molecule has 1 N–H and O–H groups in total. The van der Waals surface area contributed by atoms with Crippen LogP contribution in [0.2, 0.25) is 0 Å². The maximum Gasteiger partial charge on any atom is 0.128 e. The third kappa shape index (κ3) is 3.06. The van der Waals surface area contributed by atoms with Gasteiger partial charge in [0.15, 0.2) is 0 Å². The summed E-state index contributed by atoms with van der Waals surface area (Å²) in [5.41, 5.74) is 3.01. The molecule has 88 valence electrons. The summed E-state index contributed by atoms with van der Waals surface area (Å²) < 4.78 is 13.4. The average molecular weight is 229 g/mol. The fraction of sp³-hybridized carbons (Fsp3) is 0.200. The lowest BCUT2D eigenvalue weighted by molar-refractivity contribution is 0.613. The molecule has 17 heavy (non-hydrogen) atoms. The van der Waals surface area contributed by atoms with Crippen molar-refractivity contribution >= 4 is 5.69 Å². The zero-order chi connectivity index (χ0) is 12.1. The number of hydrogen-bond acceptors (Lipinski definition) is 1. The van der Waals surface area contributed by atoms with E-state index in [1.165, 1.54) is 11.6 Å². The van der Waals surface area contributed by atoms with Gasteiger partial charge in [0.25, 0.3) is 0 Å². The van der Waals surface area contributed by atoms with Gasteiger partial charge >= 0.3 is 0 Å². The normalized spacial score (nSPS) is 10.2. The van der Waals surface area contributed by atoms with E-state index >= 15 is 0 Å². The molecule has 0 aromatic heterocycles. The van der Waals surface area contributed by atoms with E-state index in [9.17, 15) is 4.39 Å². The van der Waals surface area contributed by atoms with Crippen LogP contribution in [0.1, 0.15) is 18.1 Å². The molecule has 0 saturated carbocycles. The second-order valence-electron chi connectivity index (χ2n) is 4.00. The van der Waals surface area contributed by atoms with Gasteiger partial charge in [-0.15, -0.1) is 0 Å². The van der Waals surface area contributed by atoms with Crippen LogP contribution in [0.3, 0.4) is 0 Å². The van der Waals surface area contributed by atoms with Gasteiger partial charge in [-0.2, -0.15) is 0 Å². The van der Waals surface area contributed by atoms with E-state index in [1.807, 2.05) is 18.2 Å². The van der Waals surface area contributed by atoms with Crippen molar-refractivity contribution in [2.75, 3.05) is 5.32 Å². The van der Waals surface area contributed by atoms with E-state index < -0.39 is 0 Å². The summed E-state index contributed by atoms with van der Waals surface area (Å²) in [5.74, 6) is -0.161. The first kappa shape index (κ1) is 11.6. The molecule has 2 rings (SSSR count). The molecule has 0 radical (unpaired) electrons. The molecule has 0 aliphatic heterocycles. The van der Waals surface area contributed by atoms with Crippen molar-refractivity contribution in [2.45, 2.75) is 19.9 Å². The summed E-state index contributed by atoms with van der Waals surface area (Å²) in [7, 11) is 0. The summed E-state index contributed by atoms with van der Waals surface area (Å²) >= 11 is 0. The van der Waals surface area contributed by atoms with Crippen molar-refractivity contribution in [3.8, 4) is 0 Å². The Morgan fingerprint density at radius 1 is 1.06 bits per heavy atom. The van der Waals surface area contributed by atoms with Gasteiger partial charge in [-0.25, -0.2) is 4.39 Å². The highest BCUT2D eigenvalue weighted by atomic mass is 19.1. The Kier molecular flexibility index (Phi) is 3.76. The van der Waals surface area contributed by atoms with E-state index in [4.69, 9.17) is 0 Å². The lowest BCUT2D eigenvalue weighted by Gasteiger charge is -2.08. The Hall–Kier alpha value is -1.83. The number of halogens is 1. The van der Waals surface area contributed by atoms with Gasteiger partial charge < -0.3 is 5.32 Å². The Balaban J connectivity index is 2.05. The Labute approximate surface area is 101 Å². The quantitative estimate of drug-likeness (QED) is 0.835. The van der Waals surface area contributed by atoms with E-state index in [0.717, 1.165) is 12.1 Å². The minimum Gasteiger partial charge on any atom is -0.381 e. The lowest BCUT2D eigenvalue weighted by atomic mass is 10.1. The number of aryl methyl sites for hydroxylation is 1. The van der Waals surface area contributed by atoms with Gasteiger partial charge in [-0.1, -0.05) is 37.3 Å². The second kappa shape index (κ2) is 5.48. The van der Waals surface area contributed by atoms with E-state index in [2.05, 4.69) is 24.4 Å². The molecule has 0 bridgehead atoms. The molecule has 2 aromatic carbocycles. The van der Waals surface area contributed by atoms with Crippen molar-refractivity contribution in [3.63, 3.8) is 0 Å². The Bertz CT molecular complexity index is 494. The predicted octanol–water partition coefficient (Wildman–Crippen LogP) is 4.00. The maximum absolute atomic E-state index is 13.4. The number of benzene rings is 2. The number of nitrogens with one attached hydrogen (secondary N) is 1. The zero-order valence-corrected chi connectivity index (χ0v) is 9.91. The molecule has 0 heterocycles. The highest BCUT2D eigenvalue weighted by molar-refractivity contribution is 5.46. The molecule has 0 atom stereocenters. The minimum atomic E-state index is -0.161. The van der Waals surface area contributed by atoms with Gasteiger partial charge in [0.1, 0.15) is 5.82 Å². The summed E-state index contributed by atoms with van der Waals surface area (Å²) in [6, 6.07) is 15.0.